The number of amidine groups is 2. The molecule has 62 heavy (non-hydrogen) atoms. The second-order valence-corrected chi connectivity index (χ2v) is 17.6. The van der Waals surface area contributed by atoms with E-state index in [9.17, 15) is 16.8 Å². The lowest BCUT2D eigenvalue weighted by atomic mass is 10.1. The molecule has 10 N–H and O–H groups in total. The number of anilines is 2. The van der Waals surface area contributed by atoms with E-state index >= 15 is 0 Å². The molecule has 0 spiro atoms. The number of nitrogen functional groups attached to an aromatic ring is 2. The van der Waals surface area contributed by atoms with Crippen molar-refractivity contribution >= 4 is 67.5 Å². The number of unbranched alkanes of at least 4 members (excludes halogenated alkanes) is 2. The fraction of sp³-hybridized carbons (Fsp3) is 0.381. The zero-order chi connectivity index (χ0) is 45.4. The van der Waals surface area contributed by atoms with E-state index in [1.165, 1.54) is 21.2 Å². The quantitative estimate of drug-likeness (QED) is 0.0230. The van der Waals surface area contributed by atoms with E-state index in [1.54, 1.807) is 24.3 Å². The maximum Gasteiger partial charge on any atom is 0.267 e. The van der Waals surface area contributed by atoms with Crippen LogP contribution in [0.2, 0.25) is 0 Å². The van der Waals surface area contributed by atoms with Gasteiger partial charge < -0.3 is 36.1 Å². The Kier molecular flexibility index (Phi) is 26.0. The summed E-state index contributed by atoms with van der Waals surface area (Å²) in [4.78, 5) is 7.72. The Morgan fingerprint density at radius 3 is 1.35 bits per heavy atom. The van der Waals surface area contributed by atoms with Crippen molar-refractivity contribution in [3.8, 4) is 11.5 Å². The van der Waals surface area contributed by atoms with Gasteiger partial charge in [-0.1, -0.05) is 49.9 Å². The van der Waals surface area contributed by atoms with Crippen LogP contribution < -0.4 is 25.8 Å². The third-order valence-corrected chi connectivity index (χ3v) is 11.3. The summed E-state index contributed by atoms with van der Waals surface area (Å²) in [6, 6.07) is 32.4. The summed E-state index contributed by atoms with van der Waals surface area (Å²) >= 11 is 1.88. The van der Waals surface area contributed by atoms with Crippen molar-refractivity contribution in [2.45, 2.75) is 55.9 Å². The van der Waals surface area contributed by atoms with E-state index in [0.717, 1.165) is 50.4 Å². The first-order valence-electron chi connectivity index (χ1n) is 19.6. The summed E-state index contributed by atoms with van der Waals surface area (Å²) in [6.45, 7) is 10.3. The molecule has 0 aromatic heterocycles. The number of fused-ring (bicyclic) bond motifs is 2. The topological polar surface area (TPSA) is 274 Å². The highest BCUT2D eigenvalue weighted by Crippen LogP contribution is 2.47. The molecule has 1 heterocycles. The summed E-state index contributed by atoms with van der Waals surface area (Å²) in [5.41, 5.74) is 14.9. The second-order valence-electron chi connectivity index (χ2n) is 13.4. The normalized spacial score (nSPS) is 12.0. The number of aliphatic hydroxyl groups excluding tert-OH is 2. The van der Waals surface area contributed by atoms with Crippen LogP contribution in [0.1, 0.15) is 51.2 Å². The molecule has 1 aliphatic heterocycles. The van der Waals surface area contributed by atoms with Gasteiger partial charge in [0.25, 0.3) is 20.2 Å². The van der Waals surface area contributed by atoms with Crippen molar-refractivity contribution in [1.29, 1.82) is 10.8 Å². The van der Waals surface area contributed by atoms with Gasteiger partial charge in [0.05, 0.1) is 49.3 Å². The summed E-state index contributed by atoms with van der Waals surface area (Å²) in [5.74, 6) is 0.531. The molecule has 4 aromatic rings. The van der Waals surface area contributed by atoms with E-state index in [4.69, 9.17) is 51.1 Å². The van der Waals surface area contributed by atoms with Gasteiger partial charge >= 0.3 is 0 Å². The monoisotopic (exact) mass is 940 g/mol. The van der Waals surface area contributed by atoms with Crippen LogP contribution in [0.5, 0.6) is 11.5 Å². The van der Waals surface area contributed by atoms with Crippen molar-refractivity contribution in [2.75, 3.05) is 62.5 Å². The van der Waals surface area contributed by atoms with Gasteiger partial charge in [0.1, 0.15) is 23.2 Å². The highest BCUT2D eigenvalue weighted by Gasteiger charge is 2.25. The molecule has 0 fully saturated rings. The number of nitrogens with two attached hydrogens (primary N) is 2. The SMILES string of the molecule is CCN(CC)C(C)CN1c2ccccc2Sc2ccccc21.Cl.N=C(N)c1ccc(OCCCCCOc2ccc(C(=N)N)cc2)cc1.O=S(=O)(O)CCO.O=S(=O)(O)CCO. The van der Waals surface area contributed by atoms with Crippen molar-refractivity contribution in [3.63, 3.8) is 0 Å². The molecule has 4 aromatic carbocycles. The lowest BCUT2D eigenvalue weighted by Crippen LogP contribution is -2.41. The van der Waals surface area contributed by atoms with Gasteiger partial charge in [-0.25, -0.2) is 0 Å². The van der Waals surface area contributed by atoms with E-state index in [0.29, 0.717) is 30.4 Å². The minimum atomic E-state index is -3.92. The number of aliphatic hydroxyl groups is 2. The Balaban J connectivity index is 0.000000471. The Labute approximate surface area is 376 Å². The molecule has 0 saturated carbocycles. The molecule has 1 unspecified atom stereocenters. The van der Waals surface area contributed by atoms with Crippen LogP contribution in [0.25, 0.3) is 0 Å². The zero-order valence-electron chi connectivity index (χ0n) is 35.2. The predicted molar refractivity (Wildman–Crippen MR) is 250 cm³/mol. The van der Waals surface area contributed by atoms with Gasteiger partial charge in [-0.2, -0.15) is 16.8 Å². The average molecular weight is 942 g/mol. The van der Waals surface area contributed by atoms with E-state index in [1.807, 2.05) is 36.0 Å². The van der Waals surface area contributed by atoms with E-state index in [2.05, 4.69) is 79.1 Å². The molecule has 1 atom stereocenters. The van der Waals surface area contributed by atoms with Gasteiger partial charge in [-0.05, 0) is 112 Å². The Bertz CT molecular complexity index is 2010. The minimum Gasteiger partial charge on any atom is -0.494 e. The van der Waals surface area contributed by atoms with Gasteiger partial charge in [0.2, 0.25) is 0 Å². The number of halogens is 1. The van der Waals surface area contributed by atoms with Crippen molar-refractivity contribution in [1.82, 2.24) is 4.90 Å². The largest absolute Gasteiger partial charge is 0.494 e. The Morgan fingerprint density at radius 2 is 1.05 bits per heavy atom. The zero-order valence-corrected chi connectivity index (χ0v) is 38.5. The van der Waals surface area contributed by atoms with Crippen LogP contribution in [0.3, 0.4) is 0 Å². The average Bonchev–Trinajstić information content (AvgIpc) is 3.21. The van der Waals surface area contributed by atoms with E-state index < -0.39 is 45.0 Å². The summed E-state index contributed by atoms with van der Waals surface area (Å²) < 4.78 is 65.5. The van der Waals surface area contributed by atoms with Crippen LogP contribution in [-0.4, -0.2) is 116 Å². The molecule has 5 rings (SSSR count). The van der Waals surface area contributed by atoms with E-state index in [-0.39, 0.29) is 24.1 Å². The molecule has 0 aliphatic carbocycles. The first kappa shape index (κ1) is 55.6. The smallest absolute Gasteiger partial charge is 0.267 e. The minimum absolute atomic E-state index is 0. The number of ether oxygens (including phenoxy) is 2. The fourth-order valence-electron chi connectivity index (χ4n) is 5.66. The highest BCUT2D eigenvalue weighted by atomic mass is 35.5. The third-order valence-electron chi connectivity index (χ3n) is 8.77. The van der Waals surface area contributed by atoms with Crippen molar-refractivity contribution in [2.24, 2.45) is 11.5 Å². The number of para-hydroxylation sites is 2. The van der Waals surface area contributed by atoms with Gasteiger partial charge in [-0.3, -0.25) is 24.8 Å². The number of rotatable bonds is 19. The van der Waals surface area contributed by atoms with Gasteiger partial charge in [0, 0.05) is 33.5 Å². The Morgan fingerprint density at radius 1 is 0.677 bits per heavy atom. The van der Waals surface area contributed by atoms with Crippen LogP contribution >= 0.6 is 24.2 Å². The maximum atomic E-state index is 9.63. The van der Waals surface area contributed by atoms with Gasteiger partial charge in [0.15, 0.2) is 0 Å². The lowest BCUT2D eigenvalue weighted by Gasteiger charge is -2.37. The predicted octanol–water partition coefficient (Wildman–Crippen LogP) is 6.06. The molecule has 0 amide bonds. The molecular weight excluding hydrogens is 880 g/mol. The molecular formula is C42H61ClN6O10S3. The van der Waals surface area contributed by atoms with Crippen molar-refractivity contribution < 1.29 is 45.6 Å². The number of nitrogens with zero attached hydrogens (tertiary/aromatic N) is 2. The highest BCUT2D eigenvalue weighted by molar-refractivity contribution is 7.99. The molecule has 16 nitrogen and oxygen atoms in total. The number of hydrogen-bond acceptors (Lipinski definition) is 13. The number of benzene rings is 4. The molecule has 1 aliphatic rings. The van der Waals surface area contributed by atoms with Crippen LogP contribution in [0.4, 0.5) is 11.4 Å². The molecule has 0 radical (unpaired) electrons. The third kappa shape index (κ3) is 21.6. The molecule has 0 bridgehead atoms. The van der Waals surface area contributed by atoms with Crippen LogP contribution in [0.15, 0.2) is 107 Å². The Hall–Kier alpha value is -4.44. The second kappa shape index (κ2) is 29.0. The molecule has 344 valence electrons. The first-order chi connectivity index (χ1) is 28.9. The van der Waals surface area contributed by atoms with Crippen molar-refractivity contribution in [3.05, 3.63) is 108 Å². The first-order valence-corrected chi connectivity index (χ1v) is 23.6. The van der Waals surface area contributed by atoms with Gasteiger partial charge in [-0.15, -0.1) is 12.4 Å². The lowest BCUT2D eigenvalue weighted by molar-refractivity contribution is 0.236. The summed E-state index contributed by atoms with van der Waals surface area (Å²) in [5, 5.41) is 30.4. The number of nitrogens with one attached hydrogen (secondary N) is 2. The number of hydrogen-bond donors (Lipinski definition) is 8. The van der Waals surface area contributed by atoms with Crippen LogP contribution in [0, 0.1) is 10.8 Å². The number of likely N-dealkylation sites (N-methyl/N-ethyl adjacent to an activating group) is 1. The molecule has 20 heteroatoms. The molecule has 0 saturated heterocycles. The maximum absolute atomic E-state index is 9.63. The summed E-state index contributed by atoms with van der Waals surface area (Å²) in [6.07, 6.45) is 2.90. The fourth-order valence-corrected chi connectivity index (χ4v) is 7.21. The van der Waals surface area contributed by atoms with Crippen LogP contribution in [-0.2, 0) is 20.2 Å². The standard InChI is InChI=1S/C19H24N4O2.C19H24N2S.2C2H6O4S.ClH/c20-18(21)14-4-8-16(9-5-14)24-12-2-1-3-13-25-17-10-6-15(7-11-17)19(22)23;1-4-20(5-2)15(3)14-21-16-10-6-8-12-18(16)22-19-13-9-7-11-17(19)21;2*3-1-2-7(4,5)6;/h4-11H,1-3,12-13H2,(H3,20,21)(H3,22,23);6-13,15H,4-5,14H2,1-3H3;2*3H,1-2H2,(H,4,5,6);1H. The summed E-state index contributed by atoms with van der Waals surface area (Å²) in [7, 11) is -7.85.